The van der Waals surface area contributed by atoms with E-state index in [1.807, 2.05) is 31.3 Å². The Balaban J connectivity index is 1.83. The van der Waals surface area contributed by atoms with E-state index in [0.717, 1.165) is 15.6 Å². The maximum Gasteiger partial charge on any atom is 0.170 e. The molecule has 6 nitrogen and oxygen atoms in total. The van der Waals surface area contributed by atoms with E-state index >= 15 is 0 Å². The summed E-state index contributed by atoms with van der Waals surface area (Å²) in [6.45, 7) is 0.257. The van der Waals surface area contributed by atoms with E-state index in [1.54, 1.807) is 10.9 Å². The Morgan fingerprint density at radius 3 is 2.75 bits per heavy atom. The van der Waals surface area contributed by atoms with Crippen LogP contribution < -0.4 is 10.5 Å². The third kappa shape index (κ3) is 2.44. The van der Waals surface area contributed by atoms with Gasteiger partial charge >= 0.3 is 0 Å². The first kappa shape index (κ1) is 12.9. The minimum Gasteiger partial charge on any atom is -0.486 e. The molecule has 0 aliphatic carbocycles. The first-order valence-corrected chi connectivity index (χ1v) is 6.75. The van der Waals surface area contributed by atoms with Crippen molar-refractivity contribution in [2.45, 2.75) is 6.61 Å². The Kier molecular flexibility index (Phi) is 3.27. The van der Waals surface area contributed by atoms with Gasteiger partial charge in [-0.2, -0.15) is 5.10 Å². The molecule has 0 saturated carbocycles. The molecular formula is C13H12BrN5O. The summed E-state index contributed by atoms with van der Waals surface area (Å²) in [6, 6.07) is 7.57. The third-order valence-corrected chi connectivity index (χ3v) is 3.38. The molecule has 0 saturated heterocycles. The molecule has 0 bridgehead atoms. The normalized spacial score (nSPS) is 10.9. The Morgan fingerprint density at radius 1 is 1.25 bits per heavy atom. The van der Waals surface area contributed by atoms with Crippen LogP contribution in [0.25, 0.3) is 11.0 Å². The quantitative estimate of drug-likeness (QED) is 0.795. The van der Waals surface area contributed by atoms with Gasteiger partial charge in [-0.05, 0) is 24.3 Å². The first-order chi connectivity index (χ1) is 9.63. The summed E-state index contributed by atoms with van der Waals surface area (Å²) in [5.74, 6) is 1.69. The smallest absolute Gasteiger partial charge is 0.170 e. The molecular weight excluding hydrogens is 322 g/mol. The van der Waals surface area contributed by atoms with Gasteiger partial charge in [-0.15, -0.1) is 0 Å². The van der Waals surface area contributed by atoms with E-state index in [4.69, 9.17) is 10.5 Å². The number of aromatic nitrogens is 4. The Labute approximate surface area is 123 Å². The van der Waals surface area contributed by atoms with Crippen LogP contribution in [0.3, 0.4) is 0 Å². The summed E-state index contributed by atoms with van der Waals surface area (Å²) in [5, 5.41) is 4.86. The van der Waals surface area contributed by atoms with Crippen LogP contribution in [0.1, 0.15) is 5.82 Å². The average molecular weight is 334 g/mol. The molecule has 0 aliphatic heterocycles. The molecule has 0 unspecified atom stereocenters. The van der Waals surface area contributed by atoms with Crippen molar-refractivity contribution in [2.75, 3.05) is 5.73 Å². The minimum atomic E-state index is 0.257. The van der Waals surface area contributed by atoms with Gasteiger partial charge in [0.05, 0.1) is 11.6 Å². The van der Waals surface area contributed by atoms with Crippen LogP contribution in [0, 0.1) is 0 Å². The third-order valence-electron chi connectivity index (χ3n) is 2.85. The highest BCUT2D eigenvalue weighted by Crippen LogP contribution is 2.19. The van der Waals surface area contributed by atoms with E-state index in [0.29, 0.717) is 17.3 Å². The number of hydrogen-bond acceptors (Lipinski definition) is 5. The summed E-state index contributed by atoms with van der Waals surface area (Å²) in [6.07, 6.45) is 1.66. The maximum absolute atomic E-state index is 5.89. The largest absolute Gasteiger partial charge is 0.486 e. The van der Waals surface area contributed by atoms with Crippen molar-refractivity contribution in [1.29, 1.82) is 0 Å². The summed E-state index contributed by atoms with van der Waals surface area (Å²) >= 11 is 3.38. The van der Waals surface area contributed by atoms with Gasteiger partial charge in [0.2, 0.25) is 0 Å². The second kappa shape index (κ2) is 5.09. The number of fused-ring (bicyclic) bond motifs is 1. The SMILES string of the molecule is Cn1ncc2c(N)nc(COc3ccc(Br)cc3)nc21. The molecule has 0 radical (unpaired) electrons. The fraction of sp³-hybridized carbons (Fsp3) is 0.154. The molecule has 2 aromatic heterocycles. The lowest BCUT2D eigenvalue weighted by Crippen LogP contribution is -2.06. The molecule has 0 amide bonds. The highest BCUT2D eigenvalue weighted by Gasteiger charge is 2.09. The zero-order valence-electron chi connectivity index (χ0n) is 10.7. The molecule has 0 atom stereocenters. The predicted molar refractivity (Wildman–Crippen MR) is 79.2 cm³/mol. The molecule has 102 valence electrons. The van der Waals surface area contributed by atoms with Crippen molar-refractivity contribution in [3.8, 4) is 5.75 Å². The van der Waals surface area contributed by atoms with Gasteiger partial charge in [-0.1, -0.05) is 15.9 Å². The van der Waals surface area contributed by atoms with Crippen molar-refractivity contribution >= 4 is 32.8 Å². The fourth-order valence-corrected chi connectivity index (χ4v) is 2.10. The molecule has 3 rings (SSSR count). The molecule has 3 aromatic rings. The second-order valence-electron chi connectivity index (χ2n) is 4.27. The van der Waals surface area contributed by atoms with E-state index in [-0.39, 0.29) is 6.61 Å². The molecule has 7 heteroatoms. The molecule has 2 heterocycles. The van der Waals surface area contributed by atoms with Crippen LogP contribution in [0.15, 0.2) is 34.9 Å². The summed E-state index contributed by atoms with van der Waals surface area (Å²) < 4.78 is 8.30. The van der Waals surface area contributed by atoms with Crippen LogP contribution >= 0.6 is 15.9 Å². The first-order valence-electron chi connectivity index (χ1n) is 5.96. The van der Waals surface area contributed by atoms with Crippen molar-refractivity contribution in [3.05, 3.63) is 40.8 Å². The maximum atomic E-state index is 5.89. The second-order valence-corrected chi connectivity index (χ2v) is 5.19. The molecule has 0 aliphatic rings. The number of benzene rings is 1. The summed E-state index contributed by atoms with van der Waals surface area (Å²) in [4.78, 5) is 8.63. The summed E-state index contributed by atoms with van der Waals surface area (Å²) in [5.41, 5.74) is 6.59. The van der Waals surface area contributed by atoms with Crippen molar-refractivity contribution in [2.24, 2.45) is 7.05 Å². The Bertz CT molecular complexity index is 753. The zero-order chi connectivity index (χ0) is 14.1. The zero-order valence-corrected chi connectivity index (χ0v) is 12.3. The number of hydrogen-bond donors (Lipinski definition) is 1. The molecule has 2 N–H and O–H groups in total. The number of aryl methyl sites for hydroxylation is 1. The Morgan fingerprint density at radius 2 is 2.00 bits per heavy atom. The topological polar surface area (TPSA) is 78.9 Å². The van der Waals surface area contributed by atoms with E-state index in [1.165, 1.54) is 0 Å². The number of rotatable bonds is 3. The number of nitrogen functional groups attached to an aromatic ring is 1. The van der Waals surface area contributed by atoms with Crippen molar-refractivity contribution < 1.29 is 4.74 Å². The van der Waals surface area contributed by atoms with Gasteiger partial charge in [0.1, 0.15) is 18.2 Å². The minimum absolute atomic E-state index is 0.257. The van der Waals surface area contributed by atoms with E-state index in [9.17, 15) is 0 Å². The molecule has 0 fully saturated rings. The molecule has 0 spiro atoms. The predicted octanol–water partition coefficient (Wildman–Crippen LogP) is 2.29. The standard InChI is InChI=1S/C13H12BrN5O/c1-19-13-10(6-16-19)12(15)17-11(18-13)7-20-9-4-2-8(14)3-5-9/h2-6H,7H2,1H3,(H2,15,17,18). The van der Waals surface area contributed by atoms with Crippen molar-refractivity contribution in [1.82, 2.24) is 19.7 Å². The van der Waals surface area contributed by atoms with Gasteiger partial charge in [0.25, 0.3) is 0 Å². The van der Waals surface area contributed by atoms with Crippen molar-refractivity contribution in [3.63, 3.8) is 0 Å². The van der Waals surface area contributed by atoms with Crippen LogP contribution in [0.5, 0.6) is 5.75 Å². The van der Waals surface area contributed by atoms with Gasteiger partial charge in [0, 0.05) is 11.5 Å². The number of ether oxygens (including phenoxy) is 1. The Hall–Kier alpha value is -2.15. The number of nitrogens with zero attached hydrogens (tertiary/aromatic N) is 4. The van der Waals surface area contributed by atoms with E-state index < -0.39 is 0 Å². The highest BCUT2D eigenvalue weighted by molar-refractivity contribution is 9.10. The fourth-order valence-electron chi connectivity index (χ4n) is 1.83. The number of anilines is 1. The number of nitrogens with two attached hydrogens (primary N) is 1. The molecule has 1 aromatic carbocycles. The summed E-state index contributed by atoms with van der Waals surface area (Å²) in [7, 11) is 1.81. The van der Waals surface area contributed by atoms with Crippen LogP contribution in [-0.2, 0) is 13.7 Å². The van der Waals surface area contributed by atoms with Crippen LogP contribution in [0.4, 0.5) is 5.82 Å². The van der Waals surface area contributed by atoms with Gasteiger partial charge in [-0.25, -0.2) is 9.97 Å². The number of halogens is 1. The monoisotopic (exact) mass is 333 g/mol. The van der Waals surface area contributed by atoms with Crippen LogP contribution in [0.2, 0.25) is 0 Å². The lowest BCUT2D eigenvalue weighted by Gasteiger charge is -2.06. The van der Waals surface area contributed by atoms with Gasteiger partial charge < -0.3 is 10.5 Å². The lowest BCUT2D eigenvalue weighted by molar-refractivity contribution is 0.296. The average Bonchev–Trinajstić information content (AvgIpc) is 2.81. The highest BCUT2D eigenvalue weighted by atomic mass is 79.9. The van der Waals surface area contributed by atoms with Gasteiger partial charge in [-0.3, -0.25) is 4.68 Å². The van der Waals surface area contributed by atoms with Gasteiger partial charge in [0.15, 0.2) is 11.5 Å². The van der Waals surface area contributed by atoms with E-state index in [2.05, 4.69) is 31.0 Å². The lowest BCUT2D eigenvalue weighted by atomic mass is 10.3. The van der Waals surface area contributed by atoms with Crippen LogP contribution in [-0.4, -0.2) is 19.7 Å². The molecule has 20 heavy (non-hydrogen) atoms.